The standard InChI is InChI=1S/C22H25N3O3/c26-21(16-25-14-8-2-5-13-22(25)27)24-23-15-19-11-6-7-12-20(19)28-17-18-9-3-1-4-10-18/h1,3-4,6-7,9-12,15H,2,5,8,13-14,16-17H2,(H,24,26)/b23-15-. The van der Waals surface area contributed by atoms with E-state index in [9.17, 15) is 9.59 Å². The first-order valence-electron chi connectivity index (χ1n) is 9.58. The van der Waals surface area contributed by atoms with Crippen LogP contribution in [-0.4, -0.2) is 36.0 Å². The summed E-state index contributed by atoms with van der Waals surface area (Å²) in [6.45, 7) is 1.13. The number of hydrogen-bond donors (Lipinski definition) is 1. The van der Waals surface area contributed by atoms with Crippen LogP contribution in [0.4, 0.5) is 0 Å². The summed E-state index contributed by atoms with van der Waals surface area (Å²) < 4.78 is 5.87. The maximum atomic E-state index is 12.1. The van der Waals surface area contributed by atoms with E-state index in [0.717, 1.165) is 30.4 Å². The Labute approximate surface area is 165 Å². The first kappa shape index (κ1) is 19.6. The van der Waals surface area contributed by atoms with Crippen molar-refractivity contribution in [3.05, 3.63) is 65.7 Å². The fourth-order valence-electron chi connectivity index (χ4n) is 3.04. The van der Waals surface area contributed by atoms with Crippen LogP contribution in [0, 0.1) is 0 Å². The average Bonchev–Trinajstić information content (AvgIpc) is 2.92. The SMILES string of the molecule is O=C(CN1CCCCCC1=O)N/N=C\c1ccccc1OCc1ccccc1. The molecule has 0 saturated carbocycles. The van der Waals surface area contributed by atoms with Crippen molar-refractivity contribution in [3.8, 4) is 5.75 Å². The molecule has 2 aromatic carbocycles. The summed E-state index contributed by atoms with van der Waals surface area (Å²) in [6, 6.07) is 17.4. The molecule has 0 atom stereocenters. The Kier molecular flexibility index (Phi) is 7.18. The molecule has 1 saturated heterocycles. The minimum atomic E-state index is -0.297. The zero-order valence-corrected chi connectivity index (χ0v) is 15.8. The van der Waals surface area contributed by atoms with Crippen molar-refractivity contribution in [1.82, 2.24) is 10.3 Å². The first-order valence-corrected chi connectivity index (χ1v) is 9.58. The number of hydrogen-bond acceptors (Lipinski definition) is 4. The fraction of sp³-hybridized carbons (Fsp3) is 0.318. The number of carbonyl (C=O) groups excluding carboxylic acids is 2. The Balaban J connectivity index is 1.53. The number of ether oxygens (including phenoxy) is 1. The van der Waals surface area contributed by atoms with Gasteiger partial charge in [0.05, 0.1) is 6.21 Å². The van der Waals surface area contributed by atoms with Gasteiger partial charge in [0.2, 0.25) is 5.91 Å². The molecule has 0 unspecified atom stereocenters. The van der Waals surface area contributed by atoms with Crippen molar-refractivity contribution in [2.75, 3.05) is 13.1 Å². The molecule has 6 heteroatoms. The number of amides is 2. The molecule has 1 heterocycles. The summed E-state index contributed by atoms with van der Waals surface area (Å²) in [6.07, 6.45) is 4.94. The van der Waals surface area contributed by atoms with Crippen molar-refractivity contribution in [2.45, 2.75) is 32.3 Å². The Hall–Kier alpha value is -3.15. The Morgan fingerprint density at radius 3 is 2.71 bits per heavy atom. The highest BCUT2D eigenvalue weighted by Crippen LogP contribution is 2.17. The van der Waals surface area contributed by atoms with Gasteiger partial charge in [-0.2, -0.15) is 5.10 Å². The summed E-state index contributed by atoms with van der Waals surface area (Å²) in [5, 5.41) is 4.03. The van der Waals surface area contributed by atoms with Crippen LogP contribution < -0.4 is 10.2 Å². The lowest BCUT2D eigenvalue weighted by Gasteiger charge is -2.18. The number of carbonyl (C=O) groups is 2. The van der Waals surface area contributed by atoms with Gasteiger partial charge in [-0.3, -0.25) is 9.59 Å². The Morgan fingerprint density at radius 1 is 1.07 bits per heavy atom. The first-order chi connectivity index (χ1) is 13.7. The quantitative estimate of drug-likeness (QED) is 0.593. The average molecular weight is 379 g/mol. The Morgan fingerprint density at radius 2 is 1.86 bits per heavy atom. The zero-order valence-electron chi connectivity index (χ0n) is 15.8. The van der Waals surface area contributed by atoms with Gasteiger partial charge in [-0.1, -0.05) is 48.9 Å². The van der Waals surface area contributed by atoms with Gasteiger partial charge in [-0.25, -0.2) is 5.43 Å². The van der Waals surface area contributed by atoms with Gasteiger partial charge < -0.3 is 9.64 Å². The lowest BCUT2D eigenvalue weighted by Crippen LogP contribution is -2.39. The largest absolute Gasteiger partial charge is 0.488 e. The van der Waals surface area contributed by atoms with E-state index in [2.05, 4.69) is 10.5 Å². The molecule has 0 spiro atoms. The van der Waals surface area contributed by atoms with E-state index in [0.29, 0.717) is 25.3 Å². The second-order valence-corrected chi connectivity index (χ2v) is 6.73. The zero-order chi connectivity index (χ0) is 19.6. The van der Waals surface area contributed by atoms with Crippen molar-refractivity contribution >= 4 is 18.0 Å². The van der Waals surface area contributed by atoms with Crippen LogP contribution >= 0.6 is 0 Å². The van der Waals surface area contributed by atoms with Gasteiger partial charge in [0.15, 0.2) is 0 Å². The van der Waals surface area contributed by atoms with E-state index >= 15 is 0 Å². The lowest BCUT2D eigenvalue weighted by atomic mass is 10.2. The van der Waals surface area contributed by atoms with Crippen molar-refractivity contribution in [1.29, 1.82) is 0 Å². The predicted octanol–water partition coefficient (Wildman–Crippen LogP) is 3.12. The number of benzene rings is 2. The van der Waals surface area contributed by atoms with Crippen LogP contribution in [-0.2, 0) is 16.2 Å². The smallest absolute Gasteiger partial charge is 0.259 e. The van der Waals surface area contributed by atoms with Gasteiger partial charge in [-0.15, -0.1) is 0 Å². The molecule has 1 N–H and O–H groups in total. The van der Waals surface area contributed by atoms with Crippen LogP contribution in [0.3, 0.4) is 0 Å². The second-order valence-electron chi connectivity index (χ2n) is 6.73. The van der Waals surface area contributed by atoms with Crippen LogP contribution in [0.5, 0.6) is 5.75 Å². The molecule has 3 rings (SSSR count). The summed E-state index contributed by atoms with van der Waals surface area (Å²) in [5.74, 6) is 0.428. The summed E-state index contributed by atoms with van der Waals surface area (Å²) in [5.41, 5.74) is 4.34. The predicted molar refractivity (Wildman–Crippen MR) is 108 cm³/mol. The molecule has 28 heavy (non-hydrogen) atoms. The number of para-hydroxylation sites is 1. The van der Waals surface area contributed by atoms with Gasteiger partial charge in [0, 0.05) is 18.5 Å². The van der Waals surface area contributed by atoms with E-state index in [4.69, 9.17) is 4.74 Å². The van der Waals surface area contributed by atoms with Crippen LogP contribution in [0.2, 0.25) is 0 Å². The molecule has 1 aliphatic rings. The third kappa shape index (κ3) is 5.94. The molecular weight excluding hydrogens is 354 g/mol. The highest BCUT2D eigenvalue weighted by molar-refractivity contribution is 5.87. The highest BCUT2D eigenvalue weighted by Gasteiger charge is 2.18. The summed E-state index contributed by atoms with van der Waals surface area (Å²) in [7, 11) is 0. The molecule has 0 bridgehead atoms. The normalized spacial score (nSPS) is 14.7. The van der Waals surface area contributed by atoms with Crippen LogP contribution in [0.25, 0.3) is 0 Å². The molecular formula is C22H25N3O3. The van der Waals surface area contributed by atoms with E-state index in [1.807, 2.05) is 54.6 Å². The molecule has 0 aromatic heterocycles. The molecule has 0 radical (unpaired) electrons. The van der Waals surface area contributed by atoms with Crippen LogP contribution in [0.1, 0.15) is 36.8 Å². The topological polar surface area (TPSA) is 71.0 Å². The van der Waals surface area contributed by atoms with E-state index < -0.39 is 0 Å². The summed E-state index contributed by atoms with van der Waals surface area (Å²) in [4.78, 5) is 25.7. The number of nitrogens with one attached hydrogen (secondary N) is 1. The van der Waals surface area contributed by atoms with Crippen molar-refractivity contribution in [2.24, 2.45) is 5.10 Å². The molecule has 6 nitrogen and oxygen atoms in total. The van der Waals surface area contributed by atoms with E-state index in [-0.39, 0.29) is 18.4 Å². The van der Waals surface area contributed by atoms with E-state index in [1.165, 1.54) is 0 Å². The second kappa shape index (κ2) is 10.3. The van der Waals surface area contributed by atoms with E-state index in [1.54, 1.807) is 11.1 Å². The van der Waals surface area contributed by atoms with Gasteiger partial charge >= 0.3 is 0 Å². The van der Waals surface area contributed by atoms with Crippen molar-refractivity contribution in [3.63, 3.8) is 0 Å². The van der Waals surface area contributed by atoms with Gasteiger partial charge in [-0.05, 0) is 30.5 Å². The molecule has 146 valence electrons. The number of rotatable bonds is 7. The fourth-order valence-corrected chi connectivity index (χ4v) is 3.04. The lowest BCUT2D eigenvalue weighted by molar-refractivity contribution is -0.135. The Bertz CT molecular complexity index is 821. The van der Waals surface area contributed by atoms with Crippen molar-refractivity contribution < 1.29 is 14.3 Å². The molecule has 1 aliphatic heterocycles. The number of hydrazone groups is 1. The maximum Gasteiger partial charge on any atom is 0.259 e. The maximum absolute atomic E-state index is 12.1. The molecule has 1 fully saturated rings. The minimum absolute atomic E-state index is 0.0382. The molecule has 2 amide bonds. The van der Waals surface area contributed by atoms with Crippen LogP contribution in [0.15, 0.2) is 59.7 Å². The molecule has 0 aliphatic carbocycles. The molecule has 2 aromatic rings. The highest BCUT2D eigenvalue weighted by atomic mass is 16.5. The monoisotopic (exact) mass is 379 g/mol. The third-order valence-corrected chi connectivity index (χ3v) is 4.55. The number of likely N-dealkylation sites (tertiary alicyclic amines) is 1. The van der Waals surface area contributed by atoms with Gasteiger partial charge in [0.1, 0.15) is 18.9 Å². The summed E-state index contributed by atoms with van der Waals surface area (Å²) >= 11 is 0. The third-order valence-electron chi connectivity index (χ3n) is 4.55. The van der Waals surface area contributed by atoms with Gasteiger partial charge in [0.25, 0.3) is 5.91 Å². The number of nitrogens with zero attached hydrogens (tertiary/aromatic N) is 2. The minimum Gasteiger partial charge on any atom is -0.488 e.